The molecule has 0 spiro atoms. The van der Waals surface area contributed by atoms with E-state index < -0.39 is 0 Å². The van der Waals surface area contributed by atoms with Gasteiger partial charge in [0.2, 0.25) is 0 Å². The number of fused-ring (bicyclic) bond motifs is 1. The number of halogens is 2. The van der Waals surface area contributed by atoms with Crippen molar-refractivity contribution in [2.75, 3.05) is 0 Å². The second kappa shape index (κ2) is 6.30. The summed E-state index contributed by atoms with van der Waals surface area (Å²) in [5, 5.41) is 2.52. The molecule has 0 amide bonds. The zero-order valence-electron chi connectivity index (χ0n) is 11.4. The topological polar surface area (TPSA) is 26.0 Å². The van der Waals surface area contributed by atoms with Crippen LogP contribution in [0.15, 0.2) is 69.6 Å². The van der Waals surface area contributed by atoms with Crippen molar-refractivity contribution >= 4 is 42.6 Å². The van der Waals surface area contributed by atoms with Crippen molar-refractivity contribution in [2.45, 2.75) is 12.5 Å². The smallest absolute Gasteiger partial charge is 0.0347 e. The van der Waals surface area contributed by atoms with Gasteiger partial charge in [0, 0.05) is 15.0 Å². The monoisotopic (exact) mass is 403 g/mol. The van der Waals surface area contributed by atoms with Crippen LogP contribution in [0.5, 0.6) is 0 Å². The maximum atomic E-state index is 6.39. The Labute approximate surface area is 141 Å². The van der Waals surface area contributed by atoms with E-state index in [1.807, 2.05) is 12.1 Å². The van der Waals surface area contributed by atoms with Gasteiger partial charge in [-0.05, 0) is 46.5 Å². The molecule has 1 nitrogen and oxygen atoms in total. The van der Waals surface area contributed by atoms with Crippen LogP contribution in [-0.2, 0) is 6.42 Å². The molecule has 0 aliphatic heterocycles. The van der Waals surface area contributed by atoms with Gasteiger partial charge in [0.15, 0.2) is 0 Å². The highest BCUT2D eigenvalue weighted by Crippen LogP contribution is 2.28. The van der Waals surface area contributed by atoms with Gasteiger partial charge in [0.1, 0.15) is 0 Å². The molecule has 3 aromatic carbocycles. The number of benzene rings is 3. The van der Waals surface area contributed by atoms with Crippen LogP contribution in [0.25, 0.3) is 10.8 Å². The van der Waals surface area contributed by atoms with E-state index in [1.54, 1.807) is 0 Å². The van der Waals surface area contributed by atoms with Crippen molar-refractivity contribution in [1.82, 2.24) is 0 Å². The fourth-order valence-electron chi connectivity index (χ4n) is 2.53. The van der Waals surface area contributed by atoms with E-state index in [0.29, 0.717) is 0 Å². The summed E-state index contributed by atoms with van der Waals surface area (Å²) < 4.78 is 2.11. The van der Waals surface area contributed by atoms with Crippen molar-refractivity contribution in [2.24, 2.45) is 5.73 Å². The molecule has 0 aliphatic carbocycles. The Morgan fingerprint density at radius 3 is 2.43 bits per heavy atom. The zero-order valence-corrected chi connectivity index (χ0v) is 14.6. The lowest BCUT2D eigenvalue weighted by molar-refractivity contribution is 0.718. The SMILES string of the molecule is NC(Cc1ccc2ccccc2c1)c1cc(Br)ccc1Br. The third-order valence-electron chi connectivity index (χ3n) is 3.63. The third-order valence-corrected chi connectivity index (χ3v) is 4.84. The molecule has 21 heavy (non-hydrogen) atoms. The van der Waals surface area contributed by atoms with E-state index in [1.165, 1.54) is 16.3 Å². The van der Waals surface area contributed by atoms with Crippen molar-refractivity contribution in [1.29, 1.82) is 0 Å². The van der Waals surface area contributed by atoms with E-state index in [2.05, 4.69) is 80.4 Å². The summed E-state index contributed by atoms with van der Waals surface area (Å²) in [5.41, 5.74) is 8.77. The average molecular weight is 405 g/mol. The second-order valence-electron chi connectivity index (χ2n) is 5.16. The molecule has 1 unspecified atom stereocenters. The molecular formula is C18H15Br2N. The largest absolute Gasteiger partial charge is 0.324 e. The summed E-state index contributed by atoms with van der Waals surface area (Å²) in [6.07, 6.45) is 0.819. The Hall–Kier alpha value is -1.16. The Bertz CT molecular complexity index is 783. The lowest BCUT2D eigenvalue weighted by atomic mass is 9.98. The molecule has 3 rings (SSSR count). The molecule has 3 heteroatoms. The first-order valence-electron chi connectivity index (χ1n) is 6.82. The van der Waals surface area contributed by atoms with Crippen molar-refractivity contribution in [3.05, 3.63) is 80.7 Å². The van der Waals surface area contributed by atoms with Crippen molar-refractivity contribution < 1.29 is 0 Å². The highest BCUT2D eigenvalue weighted by Gasteiger charge is 2.11. The normalized spacial score (nSPS) is 12.5. The van der Waals surface area contributed by atoms with E-state index >= 15 is 0 Å². The highest BCUT2D eigenvalue weighted by atomic mass is 79.9. The van der Waals surface area contributed by atoms with Crippen LogP contribution in [0.2, 0.25) is 0 Å². The molecule has 3 aromatic rings. The maximum absolute atomic E-state index is 6.39. The molecule has 0 saturated carbocycles. The fraction of sp³-hybridized carbons (Fsp3) is 0.111. The summed E-state index contributed by atoms with van der Waals surface area (Å²) in [5.74, 6) is 0. The van der Waals surface area contributed by atoms with Crippen LogP contribution in [0.1, 0.15) is 17.2 Å². The summed E-state index contributed by atoms with van der Waals surface area (Å²) in [6, 6.07) is 21.0. The molecule has 0 saturated heterocycles. The van der Waals surface area contributed by atoms with Crippen LogP contribution in [0, 0.1) is 0 Å². The van der Waals surface area contributed by atoms with E-state index in [4.69, 9.17) is 5.73 Å². The van der Waals surface area contributed by atoms with Gasteiger partial charge >= 0.3 is 0 Å². The fourth-order valence-corrected chi connectivity index (χ4v) is 3.45. The number of rotatable bonds is 3. The Balaban J connectivity index is 1.88. The molecule has 0 aromatic heterocycles. The van der Waals surface area contributed by atoms with Gasteiger partial charge in [0.05, 0.1) is 0 Å². The number of hydrogen-bond acceptors (Lipinski definition) is 1. The van der Waals surface area contributed by atoms with Crippen LogP contribution >= 0.6 is 31.9 Å². The first-order valence-corrected chi connectivity index (χ1v) is 8.40. The van der Waals surface area contributed by atoms with Crippen LogP contribution in [0.3, 0.4) is 0 Å². The molecule has 1 atom stereocenters. The van der Waals surface area contributed by atoms with E-state index in [9.17, 15) is 0 Å². The third kappa shape index (κ3) is 3.37. The summed E-state index contributed by atoms with van der Waals surface area (Å²) in [6.45, 7) is 0. The van der Waals surface area contributed by atoms with Crippen molar-refractivity contribution in [3.8, 4) is 0 Å². The molecule has 0 fully saturated rings. The quantitative estimate of drug-likeness (QED) is 0.603. The highest BCUT2D eigenvalue weighted by molar-refractivity contribution is 9.11. The van der Waals surface area contributed by atoms with Crippen LogP contribution < -0.4 is 5.73 Å². The minimum atomic E-state index is -0.0296. The predicted molar refractivity (Wildman–Crippen MR) is 96.4 cm³/mol. The molecule has 2 N–H and O–H groups in total. The molecule has 0 heterocycles. The van der Waals surface area contributed by atoms with Crippen LogP contribution in [0.4, 0.5) is 0 Å². The number of hydrogen-bond donors (Lipinski definition) is 1. The summed E-state index contributed by atoms with van der Waals surface area (Å²) in [4.78, 5) is 0. The van der Waals surface area contributed by atoms with Gasteiger partial charge in [-0.25, -0.2) is 0 Å². The summed E-state index contributed by atoms with van der Waals surface area (Å²) >= 11 is 7.09. The minimum absolute atomic E-state index is 0.0296. The second-order valence-corrected chi connectivity index (χ2v) is 6.93. The summed E-state index contributed by atoms with van der Waals surface area (Å²) in [7, 11) is 0. The van der Waals surface area contributed by atoms with Gasteiger partial charge in [-0.1, -0.05) is 74.3 Å². The van der Waals surface area contributed by atoms with Gasteiger partial charge < -0.3 is 5.73 Å². The Morgan fingerprint density at radius 1 is 0.857 bits per heavy atom. The lowest BCUT2D eigenvalue weighted by Gasteiger charge is -2.15. The molecular weight excluding hydrogens is 390 g/mol. The molecule has 0 bridgehead atoms. The molecule has 106 valence electrons. The maximum Gasteiger partial charge on any atom is 0.0347 e. The lowest BCUT2D eigenvalue weighted by Crippen LogP contribution is -2.14. The van der Waals surface area contributed by atoms with Gasteiger partial charge in [-0.2, -0.15) is 0 Å². The van der Waals surface area contributed by atoms with Gasteiger partial charge in [-0.3, -0.25) is 0 Å². The van der Waals surface area contributed by atoms with Crippen molar-refractivity contribution in [3.63, 3.8) is 0 Å². The number of nitrogens with two attached hydrogens (primary N) is 1. The first kappa shape index (κ1) is 14.8. The Morgan fingerprint density at radius 2 is 1.62 bits per heavy atom. The standard InChI is InChI=1S/C18H15Br2N/c19-15-7-8-17(20)16(11-15)18(21)10-12-5-6-13-3-1-2-4-14(13)9-12/h1-9,11,18H,10,21H2. The van der Waals surface area contributed by atoms with Gasteiger partial charge in [-0.15, -0.1) is 0 Å². The first-order chi connectivity index (χ1) is 10.1. The Kier molecular flexibility index (Phi) is 4.43. The molecule has 0 aliphatic rings. The van der Waals surface area contributed by atoms with Gasteiger partial charge in [0.25, 0.3) is 0 Å². The van der Waals surface area contributed by atoms with E-state index in [0.717, 1.165) is 20.9 Å². The average Bonchev–Trinajstić information content (AvgIpc) is 2.49. The van der Waals surface area contributed by atoms with Crippen LogP contribution in [-0.4, -0.2) is 0 Å². The zero-order chi connectivity index (χ0) is 14.8. The predicted octanol–water partition coefficient (Wildman–Crippen LogP) is 5.61. The van der Waals surface area contributed by atoms with E-state index in [-0.39, 0.29) is 6.04 Å². The minimum Gasteiger partial charge on any atom is -0.324 e. The molecule has 0 radical (unpaired) electrons.